The molecule has 0 spiro atoms. The highest BCUT2D eigenvalue weighted by molar-refractivity contribution is 6.30. The number of hydrogen-bond acceptors (Lipinski definition) is 5. The molecular formula is C16H17ClN2O4. The number of rotatable bonds is 2. The molecule has 2 aliphatic heterocycles. The van der Waals surface area contributed by atoms with Crippen LogP contribution in [-0.4, -0.2) is 42.4 Å². The maximum absolute atomic E-state index is 12.5. The highest BCUT2D eigenvalue weighted by atomic mass is 35.5. The van der Waals surface area contributed by atoms with Gasteiger partial charge in [-0.05, 0) is 24.6 Å². The van der Waals surface area contributed by atoms with E-state index in [0.717, 1.165) is 10.5 Å². The van der Waals surface area contributed by atoms with Gasteiger partial charge in [0.25, 0.3) is 0 Å². The molecule has 0 saturated carbocycles. The SMILES string of the molecule is COC(=O)[C@@]1(C)N[C@@H](c2ccc(Cl)cc2)[C@H]2C(=O)N(C)C(=O)[C@H]21. The molecule has 3 rings (SSSR count). The number of halogens is 1. The van der Waals surface area contributed by atoms with Crippen LogP contribution < -0.4 is 5.32 Å². The van der Waals surface area contributed by atoms with Gasteiger partial charge in [0, 0.05) is 18.1 Å². The number of methoxy groups -OCH3 is 1. The molecule has 4 atom stereocenters. The first-order valence-electron chi connectivity index (χ1n) is 7.24. The van der Waals surface area contributed by atoms with E-state index >= 15 is 0 Å². The number of imide groups is 1. The number of nitrogens with one attached hydrogen (secondary N) is 1. The Hall–Kier alpha value is -1.92. The molecule has 0 radical (unpaired) electrons. The van der Waals surface area contributed by atoms with Gasteiger partial charge in [0.1, 0.15) is 5.54 Å². The van der Waals surface area contributed by atoms with Gasteiger partial charge in [-0.3, -0.25) is 24.6 Å². The molecule has 1 N–H and O–H groups in total. The molecule has 0 aromatic heterocycles. The summed E-state index contributed by atoms with van der Waals surface area (Å²) in [5.74, 6) is -2.64. The van der Waals surface area contributed by atoms with Crippen molar-refractivity contribution in [3.05, 3.63) is 34.9 Å². The molecule has 2 heterocycles. The zero-order valence-electron chi connectivity index (χ0n) is 13.0. The number of amides is 2. The van der Waals surface area contributed by atoms with Crippen molar-refractivity contribution in [1.29, 1.82) is 0 Å². The Morgan fingerprint density at radius 3 is 2.43 bits per heavy atom. The summed E-state index contributed by atoms with van der Waals surface area (Å²) >= 11 is 5.91. The lowest BCUT2D eigenvalue weighted by Gasteiger charge is -2.27. The summed E-state index contributed by atoms with van der Waals surface area (Å²) in [4.78, 5) is 38.4. The molecule has 1 aromatic carbocycles. The number of fused-ring (bicyclic) bond motifs is 1. The largest absolute Gasteiger partial charge is 0.468 e. The van der Waals surface area contributed by atoms with Crippen LogP contribution in [0.3, 0.4) is 0 Å². The molecule has 6 nitrogen and oxygen atoms in total. The summed E-state index contributed by atoms with van der Waals surface area (Å²) in [7, 11) is 2.71. The summed E-state index contributed by atoms with van der Waals surface area (Å²) in [6.07, 6.45) is 0. The molecule has 0 unspecified atom stereocenters. The molecule has 0 bridgehead atoms. The van der Waals surface area contributed by atoms with Crippen molar-refractivity contribution in [1.82, 2.24) is 10.2 Å². The number of hydrogen-bond donors (Lipinski definition) is 1. The Bertz CT molecular complexity index is 690. The van der Waals surface area contributed by atoms with E-state index in [2.05, 4.69) is 5.32 Å². The van der Waals surface area contributed by atoms with Crippen LogP contribution in [0.1, 0.15) is 18.5 Å². The summed E-state index contributed by atoms with van der Waals surface area (Å²) in [5, 5.41) is 3.73. The maximum atomic E-state index is 12.5. The molecule has 23 heavy (non-hydrogen) atoms. The predicted molar refractivity (Wildman–Crippen MR) is 82.5 cm³/mol. The Labute approximate surface area is 138 Å². The minimum absolute atomic E-state index is 0.292. The van der Waals surface area contributed by atoms with E-state index in [4.69, 9.17) is 16.3 Å². The molecule has 1 aromatic rings. The van der Waals surface area contributed by atoms with E-state index in [1.807, 2.05) is 0 Å². The van der Waals surface area contributed by atoms with Crippen molar-refractivity contribution in [3.63, 3.8) is 0 Å². The monoisotopic (exact) mass is 336 g/mol. The molecule has 2 amide bonds. The summed E-state index contributed by atoms with van der Waals surface area (Å²) in [6, 6.07) is 6.55. The smallest absolute Gasteiger partial charge is 0.326 e. The van der Waals surface area contributed by atoms with Gasteiger partial charge < -0.3 is 4.74 Å². The number of likely N-dealkylation sites (tertiary alicyclic amines) is 1. The summed E-state index contributed by atoms with van der Waals surface area (Å²) in [6.45, 7) is 1.61. The fourth-order valence-corrected chi connectivity index (χ4v) is 3.77. The van der Waals surface area contributed by atoms with Crippen LogP contribution >= 0.6 is 11.6 Å². The quantitative estimate of drug-likeness (QED) is 0.647. The van der Waals surface area contributed by atoms with Gasteiger partial charge in [0.05, 0.1) is 18.9 Å². The van der Waals surface area contributed by atoms with Crippen molar-refractivity contribution in [3.8, 4) is 0 Å². The van der Waals surface area contributed by atoms with Crippen LogP contribution in [0.25, 0.3) is 0 Å². The number of nitrogens with zero attached hydrogens (tertiary/aromatic N) is 1. The van der Waals surface area contributed by atoms with Crippen molar-refractivity contribution in [2.24, 2.45) is 11.8 Å². The minimum atomic E-state index is -1.25. The number of ether oxygens (including phenoxy) is 1. The second-order valence-electron chi connectivity index (χ2n) is 6.11. The summed E-state index contributed by atoms with van der Waals surface area (Å²) in [5.41, 5.74) is -0.449. The van der Waals surface area contributed by atoms with E-state index in [-0.39, 0.29) is 11.8 Å². The van der Waals surface area contributed by atoms with Crippen LogP contribution in [0.5, 0.6) is 0 Å². The zero-order valence-corrected chi connectivity index (χ0v) is 13.8. The molecule has 2 aliphatic rings. The molecular weight excluding hydrogens is 320 g/mol. The Morgan fingerprint density at radius 2 is 1.87 bits per heavy atom. The van der Waals surface area contributed by atoms with Crippen LogP contribution in [0, 0.1) is 11.8 Å². The molecule has 7 heteroatoms. The molecule has 0 aliphatic carbocycles. The average molecular weight is 337 g/mol. The second kappa shape index (κ2) is 5.32. The number of esters is 1. The molecule has 2 saturated heterocycles. The Balaban J connectivity index is 2.09. The van der Waals surface area contributed by atoms with Crippen molar-refractivity contribution >= 4 is 29.4 Å². The second-order valence-corrected chi connectivity index (χ2v) is 6.54. The third kappa shape index (κ3) is 2.16. The van der Waals surface area contributed by atoms with Gasteiger partial charge in [-0.25, -0.2) is 0 Å². The van der Waals surface area contributed by atoms with E-state index < -0.39 is 29.4 Å². The lowest BCUT2D eigenvalue weighted by molar-refractivity contribution is -0.152. The van der Waals surface area contributed by atoms with Gasteiger partial charge in [-0.1, -0.05) is 23.7 Å². The number of carbonyl (C=O) groups is 3. The van der Waals surface area contributed by atoms with Crippen molar-refractivity contribution in [2.75, 3.05) is 14.2 Å². The highest BCUT2D eigenvalue weighted by Crippen LogP contribution is 2.48. The lowest BCUT2D eigenvalue weighted by Crippen LogP contribution is -2.53. The number of benzene rings is 1. The van der Waals surface area contributed by atoms with Gasteiger partial charge in [-0.2, -0.15) is 0 Å². The zero-order chi connectivity index (χ0) is 16.9. The fraction of sp³-hybridized carbons (Fsp3) is 0.438. The summed E-state index contributed by atoms with van der Waals surface area (Å²) < 4.78 is 4.86. The van der Waals surface area contributed by atoms with Crippen molar-refractivity contribution < 1.29 is 19.1 Å². The van der Waals surface area contributed by atoms with Gasteiger partial charge >= 0.3 is 5.97 Å². The van der Waals surface area contributed by atoms with Crippen LogP contribution in [0.4, 0.5) is 0 Å². The van der Waals surface area contributed by atoms with E-state index in [1.54, 1.807) is 31.2 Å². The van der Waals surface area contributed by atoms with Crippen LogP contribution in [-0.2, 0) is 19.1 Å². The normalized spacial score (nSPS) is 33.0. The Morgan fingerprint density at radius 1 is 1.26 bits per heavy atom. The molecule has 2 fully saturated rings. The van der Waals surface area contributed by atoms with Gasteiger partial charge in [0.15, 0.2) is 0 Å². The fourth-order valence-electron chi connectivity index (χ4n) is 3.64. The van der Waals surface area contributed by atoms with Gasteiger partial charge in [0.2, 0.25) is 11.8 Å². The molecule has 122 valence electrons. The van der Waals surface area contributed by atoms with Crippen molar-refractivity contribution in [2.45, 2.75) is 18.5 Å². The third-order valence-electron chi connectivity index (χ3n) is 4.85. The third-order valence-corrected chi connectivity index (χ3v) is 5.10. The lowest BCUT2D eigenvalue weighted by atomic mass is 9.80. The highest BCUT2D eigenvalue weighted by Gasteiger charge is 2.66. The van der Waals surface area contributed by atoms with Crippen LogP contribution in [0.2, 0.25) is 5.02 Å². The minimum Gasteiger partial charge on any atom is -0.468 e. The Kier molecular flexibility index (Phi) is 3.69. The predicted octanol–water partition coefficient (Wildman–Crippen LogP) is 1.15. The topological polar surface area (TPSA) is 75.7 Å². The van der Waals surface area contributed by atoms with E-state index in [0.29, 0.717) is 5.02 Å². The van der Waals surface area contributed by atoms with Crippen LogP contribution in [0.15, 0.2) is 24.3 Å². The van der Waals surface area contributed by atoms with Gasteiger partial charge in [-0.15, -0.1) is 0 Å². The van der Waals surface area contributed by atoms with E-state index in [1.165, 1.54) is 14.2 Å². The number of carbonyl (C=O) groups excluding carboxylic acids is 3. The average Bonchev–Trinajstić information content (AvgIpc) is 2.97. The maximum Gasteiger partial charge on any atom is 0.326 e. The standard InChI is InChI=1S/C16H17ClN2O4/c1-16(15(22)23-3)11-10(13(20)19(2)14(11)21)12(18-16)8-4-6-9(17)7-5-8/h4-7,10-12,18H,1-3H3/t10-,11-,12-,16-/m0/s1. The first-order valence-corrected chi connectivity index (χ1v) is 7.62. The first kappa shape index (κ1) is 16.0. The first-order chi connectivity index (χ1) is 10.8. The van der Waals surface area contributed by atoms with E-state index in [9.17, 15) is 14.4 Å².